The van der Waals surface area contributed by atoms with Crippen LogP contribution < -0.4 is 14.8 Å². The van der Waals surface area contributed by atoms with E-state index in [1.54, 1.807) is 7.11 Å². The first kappa shape index (κ1) is 18.7. The minimum absolute atomic E-state index is 0.217. The van der Waals surface area contributed by atoms with Gasteiger partial charge in [-0.2, -0.15) is 0 Å². The molecule has 0 aliphatic carbocycles. The molecule has 2 aromatic carbocycles. The summed E-state index contributed by atoms with van der Waals surface area (Å²) in [5.41, 5.74) is 6.04. The lowest BCUT2D eigenvalue weighted by Gasteiger charge is -2.15. The molecule has 2 aliphatic heterocycles. The van der Waals surface area contributed by atoms with Crippen molar-refractivity contribution in [3.05, 3.63) is 70.2 Å². The molecule has 0 amide bonds. The minimum atomic E-state index is -0.217. The molecule has 2 aromatic heterocycles. The zero-order valence-electron chi connectivity index (χ0n) is 16.9. The Morgan fingerprint density at radius 1 is 1.16 bits per heavy atom. The van der Waals surface area contributed by atoms with Crippen LogP contribution in [-0.4, -0.2) is 23.8 Å². The Hall–Kier alpha value is -3.09. The SMILES string of the molecule is COc1ccc2nccc(-c3cc(Cl)cc4c3O[C@@H](c3onc5c3CNCC5)C4)c2c1. The monoisotopic (exact) mass is 433 g/mol. The molecule has 7 heteroatoms. The van der Waals surface area contributed by atoms with Gasteiger partial charge < -0.3 is 19.3 Å². The van der Waals surface area contributed by atoms with Gasteiger partial charge in [-0.3, -0.25) is 4.98 Å². The number of aromatic nitrogens is 2. The number of halogens is 1. The van der Waals surface area contributed by atoms with Crippen LogP contribution in [0.25, 0.3) is 22.0 Å². The zero-order chi connectivity index (χ0) is 20.9. The summed E-state index contributed by atoms with van der Waals surface area (Å²) in [4.78, 5) is 4.50. The number of fused-ring (bicyclic) bond motifs is 3. The summed E-state index contributed by atoms with van der Waals surface area (Å²) in [6.07, 6.45) is 3.16. The van der Waals surface area contributed by atoms with Crippen LogP contribution in [0.4, 0.5) is 0 Å². The molecule has 31 heavy (non-hydrogen) atoms. The second-order valence-electron chi connectivity index (χ2n) is 7.89. The van der Waals surface area contributed by atoms with E-state index in [-0.39, 0.29) is 6.10 Å². The summed E-state index contributed by atoms with van der Waals surface area (Å²) >= 11 is 6.53. The van der Waals surface area contributed by atoms with E-state index < -0.39 is 0 Å². The number of hydrogen-bond acceptors (Lipinski definition) is 6. The molecule has 6 nitrogen and oxygen atoms in total. The van der Waals surface area contributed by atoms with Crippen molar-refractivity contribution in [2.45, 2.75) is 25.5 Å². The fourth-order valence-corrected chi connectivity index (χ4v) is 4.81. The fourth-order valence-electron chi connectivity index (χ4n) is 4.57. The Morgan fingerprint density at radius 2 is 2.10 bits per heavy atom. The van der Waals surface area contributed by atoms with Crippen LogP contribution in [0.15, 0.2) is 47.1 Å². The third kappa shape index (κ3) is 3.06. The Labute approximate surface area is 184 Å². The zero-order valence-corrected chi connectivity index (χ0v) is 17.7. The average Bonchev–Trinajstić information content (AvgIpc) is 3.41. The van der Waals surface area contributed by atoms with E-state index in [2.05, 4.69) is 15.5 Å². The molecule has 0 saturated carbocycles. The van der Waals surface area contributed by atoms with Crippen LogP contribution in [0.2, 0.25) is 5.02 Å². The standard InChI is InChI=1S/C24H20ClN3O3/c1-29-15-2-3-20-17(11-15)16(4-7-27-20)18-10-14(25)8-13-9-22(30-23(13)18)24-19-12-26-6-5-21(19)28-31-24/h2-4,7-8,10-11,22,26H,5-6,9,12H2,1H3/t22-/m1/s1. The summed E-state index contributed by atoms with van der Waals surface area (Å²) < 4.78 is 17.7. The van der Waals surface area contributed by atoms with Crippen molar-refractivity contribution in [2.75, 3.05) is 13.7 Å². The van der Waals surface area contributed by atoms with Gasteiger partial charge in [-0.1, -0.05) is 16.8 Å². The van der Waals surface area contributed by atoms with Gasteiger partial charge in [0.2, 0.25) is 0 Å². The molecule has 1 N–H and O–H groups in total. The molecule has 0 saturated heterocycles. The van der Waals surface area contributed by atoms with E-state index in [4.69, 9.17) is 25.6 Å². The fraction of sp³-hybridized carbons (Fsp3) is 0.250. The molecule has 1 atom stereocenters. The van der Waals surface area contributed by atoms with Gasteiger partial charge in [0.15, 0.2) is 11.9 Å². The summed E-state index contributed by atoms with van der Waals surface area (Å²) in [5, 5.41) is 9.33. The van der Waals surface area contributed by atoms with Gasteiger partial charge in [-0.05, 0) is 42.0 Å². The van der Waals surface area contributed by atoms with E-state index in [1.807, 2.05) is 42.6 Å². The lowest BCUT2D eigenvalue weighted by atomic mass is 9.97. The van der Waals surface area contributed by atoms with Crippen LogP contribution >= 0.6 is 11.6 Å². The summed E-state index contributed by atoms with van der Waals surface area (Å²) in [6, 6.07) is 11.8. The first-order valence-electron chi connectivity index (χ1n) is 10.3. The molecule has 0 fully saturated rings. The number of rotatable bonds is 3. The second-order valence-corrected chi connectivity index (χ2v) is 8.33. The normalized spacial score (nSPS) is 17.3. The first-order chi connectivity index (χ1) is 15.2. The van der Waals surface area contributed by atoms with Crippen LogP contribution in [-0.2, 0) is 19.4 Å². The number of pyridine rings is 1. The maximum atomic E-state index is 6.53. The summed E-state index contributed by atoms with van der Waals surface area (Å²) in [6.45, 7) is 1.68. The van der Waals surface area contributed by atoms with E-state index >= 15 is 0 Å². The van der Waals surface area contributed by atoms with Crippen molar-refractivity contribution in [1.29, 1.82) is 0 Å². The molecule has 4 heterocycles. The Bertz CT molecular complexity index is 1320. The van der Waals surface area contributed by atoms with Crippen LogP contribution in [0.1, 0.15) is 28.7 Å². The minimum Gasteiger partial charge on any atom is -0.497 e. The highest BCUT2D eigenvalue weighted by Gasteiger charge is 2.34. The molecule has 0 spiro atoms. The third-order valence-electron chi connectivity index (χ3n) is 6.07. The van der Waals surface area contributed by atoms with E-state index in [0.717, 1.165) is 75.6 Å². The van der Waals surface area contributed by atoms with Gasteiger partial charge in [-0.15, -0.1) is 0 Å². The average molecular weight is 434 g/mol. The summed E-state index contributed by atoms with van der Waals surface area (Å²) in [5.74, 6) is 2.42. The Morgan fingerprint density at radius 3 is 3.00 bits per heavy atom. The van der Waals surface area contributed by atoms with Crippen molar-refractivity contribution >= 4 is 22.5 Å². The lowest BCUT2D eigenvalue weighted by Crippen LogP contribution is -2.24. The predicted octanol–water partition coefficient (Wildman–Crippen LogP) is 4.87. The molecule has 0 bridgehead atoms. The molecule has 0 unspecified atom stereocenters. The lowest BCUT2D eigenvalue weighted by molar-refractivity contribution is 0.189. The van der Waals surface area contributed by atoms with Crippen molar-refractivity contribution in [2.24, 2.45) is 0 Å². The number of hydrogen-bond donors (Lipinski definition) is 1. The van der Waals surface area contributed by atoms with E-state index in [1.165, 1.54) is 0 Å². The maximum absolute atomic E-state index is 6.53. The van der Waals surface area contributed by atoms with E-state index in [0.29, 0.717) is 11.4 Å². The van der Waals surface area contributed by atoms with Gasteiger partial charge in [0.25, 0.3) is 0 Å². The van der Waals surface area contributed by atoms with Gasteiger partial charge in [0.1, 0.15) is 11.5 Å². The molecule has 6 rings (SSSR count). The van der Waals surface area contributed by atoms with Gasteiger partial charge in [0.05, 0.1) is 18.3 Å². The Balaban J connectivity index is 1.47. The summed E-state index contributed by atoms with van der Waals surface area (Å²) in [7, 11) is 1.66. The highest BCUT2D eigenvalue weighted by molar-refractivity contribution is 6.31. The highest BCUT2D eigenvalue weighted by Crippen LogP contribution is 2.47. The molecule has 4 aromatic rings. The smallest absolute Gasteiger partial charge is 0.182 e. The Kier molecular flexibility index (Phi) is 4.37. The molecular weight excluding hydrogens is 414 g/mol. The maximum Gasteiger partial charge on any atom is 0.182 e. The number of nitrogens with one attached hydrogen (secondary N) is 1. The predicted molar refractivity (Wildman–Crippen MR) is 118 cm³/mol. The number of ether oxygens (including phenoxy) is 2. The molecule has 156 valence electrons. The van der Waals surface area contributed by atoms with Crippen molar-refractivity contribution in [3.63, 3.8) is 0 Å². The number of methoxy groups -OCH3 is 1. The quantitative estimate of drug-likeness (QED) is 0.497. The van der Waals surface area contributed by atoms with Crippen LogP contribution in [0.5, 0.6) is 11.5 Å². The third-order valence-corrected chi connectivity index (χ3v) is 6.29. The largest absolute Gasteiger partial charge is 0.497 e. The highest BCUT2D eigenvalue weighted by atomic mass is 35.5. The van der Waals surface area contributed by atoms with E-state index in [9.17, 15) is 0 Å². The topological polar surface area (TPSA) is 69.4 Å². The molecular formula is C24H20ClN3O3. The van der Waals surface area contributed by atoms with Crippen LogP contribution in [0, 0.1) is 0 Å². The van der Waals surface area contributed by atoms with Crippen molar-refractivity contribution in [1.82, 2.24) is 15.5 Å². The van der Waals surface area contributed by atoms with Gasteiger partial charge in [0, 0.05) is 59.2 Å². The first-order valence-corrected chi connectivity index (χ1v) is 10.7. The number of nitrogens with zero attached hydrogens (tertiary/aromatic N) is 2. The molecule has 0 radical (unpaired) electrons. The van der Waals surface area contributed by atoms with Gasteiger partial charge >= 0.3 is 0 Å². The van der Waals surface area contributed by atoms with Crippen molar-refractivity contribution < 1.29 is 14.0 Å². The molecule has 2 aliphatic rings. The van der Waals surface area contributed by atoms with Gasteiger partial charge in [-0.25, -0.2) is 0 Å². The van der Waals surface area contributed by atoms with Crippen molar-refractivity contribution in [3.8, 4) is 22.6 Å². The van der Waals surface area contributed by atoms with Crippen LogP contribution in [0.3, 0.4) is 0 Å². The second kappa shape index (κ2) is 7.25. The number of benzene rings is 2.